The van der Waals surface area contributed by atoms with Crippen molar-refractivity contribution in [3.8, 4) is 0 Å². The Morgan fingerprint density at radius 1 is 1.32 bits per heavy atom. The molecule has 0 aliphatic carbocycles. The van der Waals surface area contributed by atoms with Gasteiger partial charge in [0.25, 0.3) is 0 Å². The lowest BCUT2D eigenvalue weighted by molar-refractivity contribution is -0.136. The number of carbonyl (C=O) groups excluding carboxylic acids is 1. The fraction of sp³-hybridized carbons (Fsp3) is 0.933. The highest BCUT2D eigenvalue weighted by Crippen LogP contribution is 2.41. The first-order chi connectivity index (χ1) is 9.09. The third-order valence-electron chi connectivity index (χ3n) is 5.47. The summed E-state index contributed by atoms with van der Waals surface area (Å²) in [7, 11) is 0. The molecule has 0 radical (unpaired) electrons. The van der Waals surface area contributed by atoms with Crippen LogP contribution in [0.5, 0.6) is 0 Å². The Morgan fingerprint density at radius 2 is 2.05 bits per heavy atom. The predicted octanol–water partition coefficient (Wildman–Crippen LogP) is 1.98. The SMILES string of the molecule is CC1(C)C2CNCC2CN1C(=O)CC1CCSCC1. The maximum Gasteiger partial charge on any atom is 0.223 e. The number of thioether (sulfide) groups is 1. The number of likely N-dealkylation sites (tertiary alicyclic amines) is 1. The molecule has 3 aliphatic rings. The van der Waals surface area contributed by atoms with Crippen LogP contribution in [-0.2, 0) is 4.79 Å². The fourth-order valence-electron chi connectivity index (χ4n) is 4.15. The lowest BCUT2D eigenvalue weighted by Gasteiger charge is -2.36. The van der Waals surface area contributed by atoms with Crippen LogP contribution in [0, 0.1) is 17.8 Å². The van der Waals surface area contributed by atoms with Crippen LogP contribution in [0.15, 0.2) is 0 Å². The summed E-state index contributed by atoms with van der Waals surface area (Å²) in [5.41, 5.74) is 0.0503. The van der Waals surface area contributed by atoms with Crippen LogP contribution < -0.4 is 5.32 Å². The second-order valence-corrected chi connectivity index (χ2v) is 8.17. The van der Waals surface area contributed by atoms with E-state index in [1.807, 2.05) is 11.8 Å². The lowest BCUT2D eigenvalue weighted by atomic mass is 9.84. The first kappa shape index (κ1) is 13.7. The fourth-order valence-corrected chi connectivity index (χ4v) is 5.36. The summed E-state index contributed by atoms with van der Waals surface area (Å²) in [5, 5.41) is 3.48. The normalized spacial score (nSPS) is 34.5. The largest absolute Gasteiger partial charge is 0.337 e. The first-order valence-electron chi connectivity index (χ1n) is 7.68. The Balaban J connectivity index is 1.63. The monoisotopic (exact) mass is 282 g/mol. The topological polar surface area (TPSA) is 32.3 Å². The molecule has 3 heterocycles. The van der Waals surface area contributed by atoms with Crippen molar-refractivity contribution in [2.75, 3.05) is 31.1 Å². The molecule has 4 heteroatoms. The number of hydrogen-bond acceptors (Lipinski definition) is 3. The van der Waals surface area contributed by atoms with E-state index in [-0.39, 0.29) is 5.54 Å². The summed E-state index contributed by atoms with van der Waals surface area (Å²) in [4.78, 5) is 14.9. The molecule has 2 atom stereocenters. The highest BCUT2D eigenvalue weighted by Gasteiger charge is 2.51. The summed E-state index contributed by atoms with van der Waals surface area (Å²) >= 11 is 2.04. The van der Waals surface area contributed by atoms with Gasteiger partial charge in [-0.05, 0) is 55.9 Å². The van der Waals surface area contributed by atoms with Gasteiger partial charge in [-0.25, -0.2) is 0 Å². The molecule has 3 aliphatic heterocycles. The zero-order valence-electron chi connectivity index (χ0n) is 12.2. The Bertz CT molecular complexity index is 352. The van der Waals surface area contributed by atoms with Crippen LogP contribution in [-0.4, -0.2) is 47.5 Å². The second kappa shape index (κ2) is 5.28. The van der Waals surface area contributed by atoms with Gasteiger partial charge in [0.1, 0.15) is 0 Å². The minimum Gasteiger partial charge on any atom is -0.337 e. The molecular formula is C15H26N2OS. The van der Waals surface area contributed by atoms with Crippen LogP contribution in [0.4, 0.5) is 0 Å². The Labute approximate surface area is 120 Å². The van der Waals surface area contributed by atoms with Crippen LogP contribution in [0.2, 0.25) is 0 Å². The van der Waals surface area contributed by atoms with Gasteiger partial charge in [-0.2, -0.15) is 11.8 Å². The second-order valence-electron chi connectivity index (χ2n) is 6.94. The molecule has 3 saturated heterocycles. The van der Waals surface area contributed by atoms with E-state index in [4.69, 9.17) is 0 Å². The third-order valence-corrected chi connectivity index (χ3v) is 6.51. The quantitative estimate of drug-likeness (QED) is 0.840. The Morgan fingerprint density at radius 3 is 2.74 bits per heavy atom. The minimum absolute atomic E-state index is 0.0503. The maximum absolute atomic E-state index is 12.7. The summed E-state index contributed by atoms with van der Waals surface area (Å²) in [6, 6.07) is 0. The van der Waals surface area contributed by atoms with Crippen molar-refractivity contribution in [3.63, 3.8) is 0 Å². The summed E-state index contributed by atoms with van der Waals surface area (Å²) in [6.45, 7) is 7.68. The molecule has 0 saturated carbocycles. The van der Waals surface area contributed by atoms with Crippen molar-refractivity contribution < 1.29 is 4.79 Å². The van der Waals surface area contributed by atoms with Gasteiger partial charge in [0.15, 0.2) is 0 Å². The van der Waals surface area contributed by atoms with Crippen LogP contribution in [0.1, 0.15) is 33.1 Å². The summed E-state index contributed by atoms with van der Waals surface area (Å²) in [6.07, 6.45) is 3.26. The number of nitrogens with one attached hydrogen (secondary N) is 1. The minimum atomic E-state index is 0.0503. The van der Waals surface area contributed by atoms with E-state index in [1.54, 1.807) is 0 Å². The van der Waals surface area contributed by atoms with Gasteiger partial charge >= 0.3 is 0 Å². The maximum atomic E-state index is 12.7. The van der Waals surface area contributed by atoms with E-state index < -0.39 is 0 Å². The van der Waals surface area contributed by atoms with E-state index in [0.717, 1.165) is 26.1 Å². The molecule has 0 spiro atoms. The van der Waals surface area contributed by atoms with Gasteiger partial charge in [0.2, 0.25) is 5.91 Å². The molecule has 19 heavy (non-hydrogen) atoms. The van der Waals surface area contributed by atoms with Gasteiger partial charge < -0.3 is 10.2 Å². The van der Waals surface area contributed by atoms with Crippen LogP contribution in [0.3, 0.4) is 0 Å². The van der Waals surface area contributed by atoms with E-state index in [9.17, 15) is 4.79 Å². The average Bonchev–Trinajstić information content (AvgIpc) is 2.93. The molecular weight excluding hydrogens is 256 g/mol. The number of nitrogens with zero attached hydrogens (tertiary/aromatic N) is 1. The van der Waals surface area contributed by atoms with Crippen LogP contribution in [0.25, 0.3) is 0 Å². The Hall–Kier alpha value is -0.220. The smallest absolute Gasteiger partial charge is 0.223 e. The molecule has 1 N–H and O–H groups in total. The van der Waals surface area contributed by atoms with Crippen molar-refractivity contribution in [2.45, 2.75) is 38.6 Å². The molecule has 2 unspecified atom stereocenters. The molecule has 108 valence electrons. The number of rotatable bonds is 2. The van der Waals surface area contributed by atoms with E-state index in [1.165, 1.54) is 24.3 Å². The molecule has 3 rings (SSSR count). The van der Waals surface area contributed by atoms with Crippen LogP contribution >= 0.6 is 11.8 Å². The lowest BCUT2D eigenvalue weighted by Crippen LogP contribution is -2.48. The van der Waals surface area contributed by atoms with Crippen molar-refractivity contribution in [1.29, 1.82) is 0 Å². The zero-order chi connectivity index (χ0) is 13.5. The zero-order valence-corrected chi connectivity index (χ0v) is 13.0. The predicted molar refractivity (Wildman–Crippen MR) is 80.3 cm³/mol. The molecule has 1 amide bonds. The molecule has 0 aromatic carbocycles. The standard InChI is InChI=1S/C15H26N2OS/c1-15(2)13-9-16-8-12(13)10-17(15)14(18)7-11-3-5-19-6-4-11/h11-13,16H,3-10H2,1-2H3. The van der Waals surface area contributed by atoms with Gasteiger partial charge in [-0.15, -0.1) is 0 Å². The number of hydrogen-bond donors (Lipinski definition) is 1. The van der Waals surface area contributed by atoms with E-state index in [0.29, 0.717) is 23.7 Å². The van der Waals surface area contributed by atoms with Gasteiger partial charge in [-0.3, -0.25) is 4.79 Å². The molecule has 0 aromatic heterocycles. The average molecular weight is 282 g/mol. The molecule has 0 bridgehead atoms. The highest BCUT2D eigenvalue weighted by molar-refractivity contribution is 7.99. The van der Waals surface area contributed by atoms with E-state index in [2.05, 4.69) is 24.1 Å². The number of fused-ring (bicyclic) bond motifs is 1. The first-order valence-corrected chi connectivity index (χ1v) is 8.83. The number of carbonyl (C=O) groups is 1. The Kier molecular flexibility index (Phi) is 3.82. The molecule has 3 fully saturated rings. The molecule has 3 nitrogen and oxygen atoms in total. The van der Waals surface area contributed by atoms with Crippen molar-refractivity contribution in [2.24, 2.45) is 17.8 Å². The molecule has 0 aromatic rings. The van der Waals surface area contributed by atoms with Crippen molar-refractivity contribution >= 4 is 17.7 Å². The van der Waals surface area contributed by atoms with Crippen molar-refractivity contribution in [1.82, 2.24) is 10.2 Å². The van der Waals surface area contributed by atoms with Crippen molar-refractivity contribution in [3.05, 3.63) is 0 Å². The van der Waals surface area contributed by atoms with Gasteiger partial charge in [0.05, 0.1) is 0 Å². The summed E-state index contributed by atoms with van der Waals surface area (Å²) in [5.74, 6) is 4.88. The third kappa shape index (κ3) is 2.54. The van der Waals surface area contributed by atoms with Gasteiger partial charge in [-0.1, -0.05) is 0 Å². The van der Waals surface area contributed by atoms with Gasteiger partial charge in [0, 0.05) is 31.6 Å². The summed E-state index contributed by atoms with van der Waals surface area (Å²) < 4.78 is 0. The number of amides is 1. The van der Waals surface area contributed by atoms with E-state index >= 15 is 0 Å². The highest BCUT2D eigenvalue weighted by atomic mass is 32.2.